The van der Waals surface area contributed by atoms with Gasteiger partial charge in [-0.05, 0) is 37.3 Å². The molecular formula is C15H14N4O2. The Hall–Kier alpha value is -3.07. The van der Waals surface area contributed by atoms with Gasteiger partial charge in [-0.2, -0.15) is 10.4 Å². The van der Waals surface area contributed by atoms with E-state index in [-0.39, 0.29) is 11.3 Å². The molecule has 0 aliphatic carbocycles. The number of carbonyl (C=O) groups excluding carboxylic acids is 1. The maximum absolute atomic E-state index is 12.1. The number of nitriles is 1. The molecule has 0 spiro atoms. The molecule has 6 heteroatoms. The summed E-state index contributed by atoms with van der Waals surface area (Å²) in [5.74, 6) is -0.401. The number of carbonyl (C=O) groups is 1. The molecule has 1 amide bonds. The molecule has 2 rings (SSSR count). The van der Waals surface area contributed by atoms with E-state index in [1.54, 1.807) is 30.1 Å². The van der Waals surface area contributed by atoms with Crippen LogP contribution in [0.5, 0.6) is 5.75 Å². The van der Waals surface area contributed by atoms with Gasteiger partial charge in [0.1, 0.15) is 17.4 Å². The predicted octanol–water partition coefficient (Wildman–Crippen LogP) is 1.98. The maximum atomic E-state index is 12.1. The van der Waals surface area contributed by atoms with Crippen LogP contribution in [0.2, 0.25) is 0 Å². The Morgan fingerprint density at radius 1 is 1.43 bits per heavy atom. The maximum Gasteiger partial charge on any atom is 0.266 e. The van der Waals surface area contributed by atoms with Crippen LogP contribution < -0.4 is 5.32 Å². The number of amides is 1. The van der Waals surface area contributed by atoms with E-state index < -0.39 is 5.91 Å². The van der Waals surface area contributed by atoms with Crippen molar-refractivity contribution in [2.45, 2.75) is 6.92 Å². The van der Waals surface area contributed by atoms with Gasteiger partial charge in [-0.25, -0.2) is 0 Å². The minimum absolute atomic E-state index is 0.0147. The van der Waals surface area contributed by atoms with Gasteiger partial charge in [-0.1, -0.05) is 0 Å². The topological polar surface area (TPSA) is 90.9 Å². The second-order valence-electron chi connectivity index (χ2n) is 4.48. The van der Waals surface area contributed by atoms with Gasteiger partial charge in [0.05, 0.1) is 6.20 Å². The zero-order chi connectivity index (χ0) is 15.4. The summed E-state index contributed by atoms with van der Waals surface area (Å²) in [5, 5.41) is 25.0. The van der Waals surface area contributed by atoms with Crippen LogP contribution in [0.15, 0.2) is 36.0 Å². The number of hydrogen-bond acceptors (Lipinski definition) is 4. The second kappa shape index (κ2) is 5.92. The van der Waals surface area contributed by atoms with Crippen LogP contribution in [0.1, 0.15) is 11.3 Å². The zero-order valence-corrected chi connectivity index (χ0v) is 11.7. The Morgan fingerprint density at radius 2 is 2.10 bits per heavy atom. The van der Waals surface area contributed by atoms with Crippen LogP contribution in [0.25, 0.3) is 6.08 Å². The van der Waals surface area contributed by atoms with Crippen molar-refractivity contribution in [3.8, 4) is 11.8 Å². The Bertz CT molecular complexity index is 736. The summed E-state index contributed by atoms with van der Waals surface area (Å²) in [6.07, 6.45) is 3.10. The van der Waals surface area contributed by atoms with Crippen molar-refractivity contribution in [1.29, 1.82) is 5.26 Å². The van der Waals surface area contributed by atoms with E-state index in [1.165, 1.54) is 18.2 Å². The van der Waals surface area contributed by atoms with Crippen LogP contribution >= 0.6 is 0 Å². The van der Waals surface area contributed by atoms with Gasteiger partial charge < -0.3 is 10.4 Å². The fourth-order valence-electron chi connectivity index (χ4n) is 1.70. The van der Waals surface area contributed by atoms with Gasteiger partial charge >= 0.3 is 0 Å². The lowest BCUT2D eigenvalue weighted by Gasteiger charge is -2.04. The predicted molar refractivity (Wildman–Crippen MR) is 78.3 cm³/mol. The summed E-state index contributed by atoms with van der Waals surface area (Å²) in [5.41, 5.74) is 2.07. The number of nitrogens with zero attached hydrogens (tertiary/aromatic N) is 3. The first-order valence-corrected chi connectivity index (χ1v) is 6.22. The number of aryl methyl sites for hydroxylation is 1. The molecule has 21 heavy (non-hydrogen) atoms. The third-order valence-electron chi connectivity index (χ3n) is 3.06. The molecule has 6 nitrogen and oxygen atoms in total. The second-order valence-corrected chi connectivity index (χ2v) is 4.48. The molecule has 2 aromatic rings. The molecule has 1 heterocycles. The summed E-state index contributed by atoms with van der Waals surface area (Å²) in [4.78, 5) is 12.1. The van der Waals surface area contributed by atoms with Crippen molar-refractivity contribution in [3.05, 3.63) is 47.3 Å². The van der Waals surface area contributed by atoms with E-state index in [4.69, 9.17) is 5.26 Å². The molecule has 0 bridgehead atoms. The molecular weight excluding hydrogens is 268 g/mol. The molecule has 0 atom stereocenters. The van der Waals surface area contributed by atoms with Crippen molar-refractivity contribution >= 4 is 17.7 Å². The lowest BCUT2D eigenvalue weighted by atomic mass is 10.1. The van der Waals surface area contributed by atoms with Gasteiger partial charge in [0, 0.05) is 24.0 Å². The fraction of sp³-hybridized carbons (Fsp3) is 0.133. The van der Waals surface area contributed by atoms with Gasteiger partial charge in [0.15, 0.2) is 0 Å². The first kappa shape index (κ1) is 14.3. The van der Waals surface area contributed by atoms with Gasteiger partial charge in [0.2, 0.25) is 0 Å². The number of aromatic nitrogens is 2. The van der Waals surface area contributed by atoms with Crippen molar-refractivity contribution in [2.75, 3.05) is 5.32 Å². The number of aromatic hydroxyl groups is 1. The average molecular weight is 282 g/mol. The van der Waals surface area contributed by atoms with Gasteiger partial charge in [-0.15, -0.1) is 0 Å². The zero-order valence-electron chi connectivity index (χ0n) is 11.7. The molecule has 0 unspecified atom stereocenters. The van der Waals surface area contributed by atoms with Crippen LogP contribution in [0, 0.1) is 18.3 Å². The van der Waals surface area contributed by atoms with E-state index in [9.17, 15) is 9.90 Å². The molecule has 106 valence electrons. The fourth-order valence-corrected chi connectivity index (χ4v) is 1.70. The molecule has 0 aliphatic rings. The van der Waals surface area contributed by atoms with E-state index in [2.05, 4.69) is 10.4 Å². The number of hydrogen-bond donors (Lipinski definition) is 2. The number of phenols is 1. The highest BCUT2D eigenvalue weighted by molar-refractivity contribution is 6.09. The van der Waals surface area contributed by atoms with E-state index in [1.807, 2.05) is 13.0 Å². The van der Waals surface area contributed by atoms with Crippen LogP contribution in [-0.2, 0) is 11.8 Å². The number of benzene rings is 1. The Labute approximate surface area is 121 Å². The van der Waals surface area contributed by atoms with E-state index >= 15 is 0 Å². The third kappa shape index (κ3) is 3.28. The summed E-state index contributed by atoms with van der Waals surface area (Å²) >= 11 is 0. The third-order valence-corrected chi connectivity index (χ3v) is 3.06. The molecule has 0 aliphatic heterocycles. The number of anilines is 1. The number of nitrogens with one attached hydrogen (secondary N) is 1. The normalized spacial score (nSPS) is 11.0. The lowest BCUT2D eigenvalue weighted by Crippen LogP contribution is -2.13. The molecule has 1 aromatic carbocycles. The minimum atomic E-state index is -0.508. The van der Waals surface area contributed by atoms with Crippen molar-refractivity contribution < 1.29 is 9.90 Å². The summed E-state index contributed by atoms with van der Waals surface area (Å²) in [7, 11) is 1.79. The van der Waals surface area contributed by atoms with E-state index in [0.29, 0.717) is 5.69 Å². The molecule has 0 fully saturated rings. The van der Waals surface area contributed by atoms with Crippen molar-refractivity contribution in [1.82, 2.24) is 9.78 Å². The number of phenolic OH excluding ortho intramolecular Hbond substituents is 1. The van der Waals surface area contributed by atoms with E-state index in [0.717, 1.165) is 11.3 Å². The molecule has 2 N–H and O–H groups in total. The first-order valence-electron chi connectivity index (χ1n) is 6.22. The Kier molecular flexibility index (Phi) is 4.05. The van der Waals surface area contributed by atoms with Crippen LogP contribution in [0.4, 0.5) is 5.69 Å². The first-order chi connectivity index (χ1) is 10.0. The lowest BCUT2D eigenvalue weighted by molar-refractivity contribution is -0.112. The standard InChI is InChI=1S/C15H14N4O2/c1-10-12(9-17-19(10)2)7-11(8-16)15(21)18-13-3-5-14(20)6-4-13/h3-7,9,20H,1-2H3,(H,18,21)/b11-7+. The summed E-state index contributed by atoms with van der Waals surface area (Å²) in [6.45, 7) is 1.85. The van der Waals surface area contributed by atoms with Crippen LogP contribution in [0.3, 0.4) is 0 Å². The van der Waals surface area contributed by atoms with Gasteiger partial charge in [-0.3, -0.25) is 9.48 Å². The van der Waals surface area contributed by atoms with Crippen molar-refractivity contribution in [2.24, 2.45) is 7.05 Å². The average Bonchev–Trinajstić information content (AvgIpc) is 2.78. The van der Waals surface area contributed by atoms with Crippen molar-refractivity contribution in [3.63, 3.8) is 0 Å². The smallest absolute Gasteiger partial charge is 0.266 e. The highest BCUT2D eigenvalue weighted by Gasteiger charge is 2.11. The highest BCUT2D eigenvalue weighted by Crippen LogP contribution is 2.16. The van der Waals surface area contributed by atoms with Crippen LogP contribution in [-0.4, -0.2) is 20.8 Å². The molecule has 1 aromatic heterocycles. The molecule has 0 saturated carbocycles. The molecule has 0 radical (unpaired) electrons. The summed E-state index contributed by atoms with van der Waals surface area (Å²) in [6, 6.07) is 7.90. The largest absolute Gasteiger partial charge is 0.508 e. The number of rotatable bonds is 3. The SMILES string of the molecule is Cc1c(/C=C(\C#N)C(=O)Nc2ccc(O)cc2)cnn1C. The summed E-state index contributed by atoms with van der Waals surface area (Å²) < 4.78 is 1.67. The quantitative estimate of drug-likeness (QED) is 0.511. The molecule has 0 saturated heterocycles. The Morgan fingerprint density at radius 3 is 2.62 bits per heavy atom. The minimum Gasteiger partial charge on any atom is -0.508 e. The monoisotopic (exact) mass is 282 g/mol. The highest BCUT2D eigenvalue weighted by atomic mass is 16.3. The van der Waals surface area contributed by atoms with Gasteiger partial charge in [0.25, 0.3) is 5.91 Å². The Balaban J connectivity index is 2.21.